The molecular weight excluding hydrogens is 689 g/mol. The maximum Gasteiger partial charge on any atom is 0.161 e. The second-order valence-corrected chi connectivity index (χ2v) is 16.3. The molecule has 1 aromatic heterocycles. The number of rotatable bonds is 5. The highest BCUT2D eigenvalue weighted by Crippen LogP contribution is 2.54. The molecule has 0 bridgehead atoms. The van der Waals surface area contributed by atoms with Gasteiger partial charge in [0.1, 0.15) is 0 Å². The minimum atomic E-state index is -0.267. The molecule has 0 aliphatic heterocycles. The van der Waals surface area contributed by atoms with Crippen LogP contribution in [0.5, 0.6) is 0 Å². The third kappa shape index (κ3) is 5.03. The third-order valence-electron chi connectivity index (χ3n) is 12.8. The van der Waals surface area contributed by atoms with Crippen LogP contribution in [0, 0.1) is 0 Å². The molecule has 2 heteroatoms. The van der Waals surface area contributed by atoms with Crippen molar-refractivity contribution in [2.24, 2.45) is 0 Å². The minimum absolute atomic E-state index is 0.106. The minimum Gasteiger partial charge on any atom is -0.228 e. The summed E-state index contributed by atoms with van der Waals surface area (Å²) < 4.78 is 0. The lowest BCUT2D eigenvalue weighted by molar-refractivity contribution is 0.660. The zero-order chi connectivity index (χ0) is 38.3. The lowest BCUT2D eigenvalue weighted by atomic mass is 9.74. The smallest absolute Gasteiger partial charge is 0.161 e. The van der Waals surface area contributed by atoms with Gasteiger partial charge in [-0.25, -0.2) is 9.97 Å². The lowest BCUT2D eigenvalue weighted by Gasteiger charge is -2.28. The van der Waals surface area contributed by atoms with Crippen LogP contribution >= 0.6 is 0 Å². The van der Waals surface area contributed by atoms with Crippen molar-refractivity contribution in [3.8, 4) is 67.3 Å². The molecule has 0 fully saturated rings. The molecule has 0 N–H and O–H groups in total. The van der Waals surface area contributed by atoms with Crippen molar-refractivity contribution in [1.29, 1.82) is 0 Å². The molecule has 0 saturated carbocycles. The molecule has 0 spiro atoms. The van der Waals surface area contributed by atoms with Gasteiger partial charge in [-0.05, 0) is 103 Å². The van der Waals surface area contributed by atoms with E-state index < -0.39 is 0 Å². The Kier molecular flexibility index (Phi) is 7.37. The van der Waals surface area contributed by atoms with Gasteiger partial charge in [-0.3, -0.25) is 0 Å². The van der Waals surface area contributed by atoms with E-state index in [-0.39, 0.29) is 10.8 Å². The Bertz CT molecular complexity index is 3050. The first-order valence-corrected chi connectivity index (χ1v) is 19.9. The SMILES string of the molecule is CC1(C)c2ccccc2-c2ccc(-c3cc(-c4ccccc4)nc(-c4ccc(-c5ccc6c(c5)C(C)(c5ccccc5)c5ccccc5-6)c5ccccc45)n3)cc21. The van der Waals surface area contributed by atoms with Crippen LogP contribution < -0.4 is 0 Å². The highest BCUT2D eigenvalue weighted by atomic mass is 14.9. The maximum atomic E-state index is 5.39. The average Bonchev–Trinajstić information content (AvgIpc) is 3.67. The highest BCUT2D eigenvalue weighted by Gasteiger charge is 2.41. The van der Waals surface area contributed by atoms with E-state index in [9.17, 15) is 0 Å². The van der Waals surface area contributed by atoms with E-state index in [1.807, 2.05) is 0 Å². The highest BCUT2D eigenvalue weighted by molar-refractivity contribution is 6.05. The van der Waals surface area contributed by atoms with Crippen molar-refractivity contribution in [3.63, 3.8) is 0 Å². The van der Waals surface area contributed by atoms with Crippen LogP contribution in [0.2, 0.25) is 0 Å². The standard InChI is InChI=1S/C55H40N2/c1-54(2)47-24-14-12-22-42(47)44-29-27-37(33-49(44)54)52-34-51(35-16-6-4-7-17-35)56-53(57-52)46-31-30-39(40-20-10-11-21-41(40)46)36-26-28-45-43-23-13-15-25-48(43)55(3,50(45)32-36)38-18-8-5-9-19-38/h4-34H,1-3H3. The zero-order valence-corrected chi connectivity index (χ0v) is 32.3. The van der Waals surface area contributed by atoms with Gasteiger partial charge >= 0.3 is 0 Å². The van der Waals surface area contributed by atoms with E-state index in [0.29, 0.717) is 0 Å². The van der Waals surface area contributed by atoms with Crippen molar-refractivity contribution in [1.82, 2.24) is 9.97 Å². The van der Waals surface area contributed by atoms with Crippen LogP contribution in [0.3, 0.4) is 0 Å². The van der Waals surface area contributed by atoms with Gasteiger partial charge in [-0.1, -0.05) is 178 Å². The summed E-state index contributed by atoms with van der Waals surface area (Å²) in [4.78, 5) is 10.7. The molecule has 1 atom stereocenters. The normalized spacial score (nSPS) is 15.8. The largest absolute Gasteiger partial charge is 0.228 e. The summed E-state index contributed by atoms with van der Waals surface area (Å²) in [5.41, 5.74) is 19.0. The fourth-order valence-corrected chi connectivity index (χ4v) is 9.82. The monoisotopic (exact) mass is 728 g/mol. The molecular formula is C55H40N2. The van der Waals surface area contributed by atoms with E-state index in [0.717, 1.165) is 39.3 Å². The number of benzene rings is 8. The summed E-state index contributed by atoms with van der Waals surface area (Å²) in [7, 11) is 0. The summed E-state index contributed by atoms with van der Waals surface area (Å²) in [6.45, 7) is 7.04. The van der Waals surface area contributed by atoms with Gasteiger partial charge in [0.05, 0.1) is 11.4 Å². The van der Waals surface area contributed by atoms with Crippen molar-refractivity contribution in [3.05, 3.63) is 216 Å². The summed E-state index contributed by atoms with van der Waals surface area (Å²) in [5.74, 6) is 0.721. The quantitative estimate of drug-likeness (QED) is 0.176. The van der Waals surface area contributed by atoms with Crippen LogP contribution in [0.4, 0.5) is 0 Å². The molecule has 8 aromatic carbocycles. The molecule has 1 unspecified atom stereocenters. The summed E-state index contributed by atoms with van der Waals surface area (Å²) >= 11 is 0. The number of hydrogen-bond donors (Lipinski definition) is 0. The molecule has 0 radical (unpaired) electrons. The number of fused-ring (bicyclic) bond motifs is 7. The van der Waals surface area contributed by atoms with Gasteiger partial charge in [-0.15, -0.1) is 0 Å². The molecule has 57 heavy (non-hydrogen) atoms. The lowest BCUT2D eigenvalue weighted by Crippen LogP contribution is -2.22. The van der Waals surface area contributed by atoms with Crippen molar-refractivity contribution >= 4 is 10.8 Å². The predicted octanol–water partition coefficient (Wildman–Crippen LogP) is 13.9. The topological polar surface area (TPSA) is 25.8 Å². The maximum absolute atomic E-state index is 5.39. The first-order valence-electron chi connectivity index (χ1n) is 19.9. The second kappa shape index (κ2) is 12.6. The average molecular weight is 729 g/mol. The van der Waals surface area contributed by atoms with E-state index >= 15 is 0 Å². The predicted molar refractivity (Wildman–Crippen MR) is 236 cm³/mol. The Labute approximate surface area is 334 Å². The number of aromatic nitrogens is 2. The molecule has 11 rings (SSSR count). The molecule has 270 valence electrons. The fraction of sp³-hybridized carbons (Fsp3) is 0.0909. The third-order valence-corrected chi connectivity index (χ3v) is 12.8. The van der Waals surface area contributed by atoms with E-state index in [2.05, 4.69) is 209 Å². The van der Waals surface area contributed by atoms with E-state index in [1.165, 1.54) is 66.6 Å². The molecule has 0 saturated heterocycles. The number of nitrogens with zero attached hydrogens (tertiary/aromatic N) is 2. The Hall–Kier alpha value is -6.90. The van der Waals surface area contributed by atoms with E-state index in [4.69, 9.17) is 9.97 Å². The first-order chi connectivity index (χ1) is 27.9. The van der Waals surface area contributed by atoms with Gasteiger partial charge in [0.2, 0.25) is 0 Å². The van der Waals surface area contributed by atoms with Crippen LogP contribution in [0.25, 0.3) is 78.1 Å². The summed E-state index contributed by atoms with van der Waals surface area (Å²) in [5, 5.41) is 2.31. The van der Waals surface area contributed by atoms with Crippen LogP contribution in [-0.2, 0) is 10.8 Å². The van der Waals surface area contributed by atoms with E-state index in [1.54, 1.807) is 0 Å². The second-order valence-electron chi connectivity index (χ2n) is 16.3. The van der Waals surface area contributed by atoms with Crippen molar-refractivity contribution in [2.75, 3.05) is 0 Å². The Morgan fingerprint density at radius 1 is 0.333 bits per heavy atom. The molecule has 0 amide bonds. The Morgan fingerprint density at radius 3 is 1.56 bits per heavy atom. The zero-order valence-electron chi connectivity index (χ0n) is 32.3. The van der Waals surface area contributed by atoms with Gasteiger partial charge in [0.25, 0.3) is 0 Å². The molecule has 2 aliphatic carbocycles. The summed E-state index contributed by atoms with van der Waals surface area (Å²) in [6, 6.07) is 68.4. The van der Waals surface area contributed by atoms with Gasteiger partial charge in [-0.2, -0.15) is 0 Å². The number of hydrogen-bond acceptors (Lipinski definition) is 2. The first kappa shape index (κ1) is 33.4. The summed E-state index contributed by atoms with van der Waals surface area (Å²) in [6.07, 6.45) is 0. The van der Waals surface area contributed by atoms with Crippen molar-refractivity contribution < 1.29 is 0 Å². The van der Waals surface area contributed by atoms with Crippen LogP contribution in [0.15, 0.2) is 188 Å². The molecule has 9 aromatic rings. The van der Waals surface area contributed by atoms with Gasteiger partial charge in [0, 0.05) is 27.5 Å². The van der Waals surface area contributed by atoms with Crippen LogP contribution in [-0.4, -0.2) is 9.97 Å². The van der Waals surface area contributed by atoms with Crippen LogP contribution in [0.1, 0.15) is 48.6 Å². The molecule has 2 aliphatic rings. The molecule has 1 heterocycles. The van der Waals surface area contributed by atoms with Gasteiger partial charge < -0.3 is 0 Å². The Morgan fingerprint density at radius 2 is 0.825 bits per heavy atom. The van der Waals surface area contributed by atoms with Crippen molar-refractivity contribution in [2.45, 2.75) is 31.6 Å². The molecule has 2 nitrogen and oxygen atoms in total. The van der Waals surface area contributed by atoms with Gasteiger partial charge in [0.15, 0.2) is 5.82 Å². The fourth-order valence-electron chi connectivity index (χ4n) is 9.82. The Balaban J connectivity index is 1.07.